The average Bonchev–Trinajstić information content (AvgIpc) is 1.54. The summed E-state index contributed by atoms with van der Waals surface area (Å²) in [5.41, 5.74) is 30.6. The fourth-order valence-corrected chi connectivity index (χ4v) is 14.5. The minimum absolute atomic E-state index is 0.308. The smallest absolute Gasteiger partial charge is 0.147 e. The van der Waals surface area contributed by atoms with Crippen LogP contribution in [-0.2, 0) is 44.9 Å². The molecule has 13 rings (SSSR count). The number of hydrogen-bond donors (Lipinski definition) is 2. The lowest BCUT2D eigenvalue weighted by Gasteiger charge is -2.39. The van der Waals surface area contributed by atoms with Crippen LogP contribution in [0.4, 0.5) is 34.3 Å². The summed E-state index contributed by atoms with van der Waals surface area (Å²) in [5, 5.41) is 20.2. The molecule has 9 heterocycles. The summed E-state index contributed by atoms with van der Waals surface area (Å²) in [6.45, 7) is 46.3. The van der Waals surface area contributed by atoms with Crippen LogP contribution in [0.3, 0.4) is 0 Å². The lowest BCUT2D eigenvalue weighted by Crippen LogP contribution is -2.35. The molecule has 0 unspecified atom stereocenters. The number of anilines is 6. The maximum absolute atomic E-state index is 10.1. The van der Waals surface area contributed by atoms with Crippen LogP contribution in [0.25, 0.3) is 0 Å². The minimum atomic E-state index is 0.308. The zero-order valence-corrected chi connectivity index (χ0v) is 56.1. The molecular formula is C75H109N9O2. The van der Waals surface area contributed by atoms with Crippen molar-refractivity contribution in [3.05, 3.63) is 144 Å². The number of rotatable bonds is 9. The number of aryl methyl sites for hydroxylation is 5. The molecule has 11 heteroatoms. The van der Waals surface area contributed by atoms with E-state index in [2.05, 4.69) is 152 Å². The van der Waals surface area contributed by atoms with Crippen LogP contribution in [0.1, 0.15) is 181 Å². The first-order chi connectivity index (χ1) is 41.5. The van der Waals surface area contributed by atoms with Gasteiger partial charge in [0, 0.05) is 118 Å². The maximum Gasteiger partial charge on any atom is 0.147 e. The van der Waals surface area contributed by atoms with Crippen LogP contribution in [0.5, 0.6) is 11.5 Å². The predicted molar refractivity (Wildman–Crippen MR) is 367 cm³/mol. The third-order valence-corrected chi connectivity index (χ3v) is 20.1. The molecule has 2 N–H and O–H groups in total. The van der Waals surface area contributed by atoms with E-state index in [1.54, 1.807) is 69.0 Å². The summed E-state index contributed by atoms with van der Waals surface area (Å²) in [7, 11) is 0. The Morgan fingerprint density at radius 1 is 0.419 bits per heavy atom. The Kier molecular flexibility index (Phi) is 23.2. The van der Waals surface area contributed by atoms with E-state index in [1.165, 1.54) is 144 Å². The molecule has 2 aromatic heterocycles. The van der Waals surface area contributed by atoms with Gasteiger partial charge in [-0.25, -0.2) is 4.98 Å². The average molecular weight is 1170 g/mol. The van der Waals surface area contributed by atoms with Crippen molar-refractivity contribution in [3.8, 4) is 11.5 Å². The molecule has 86 heavy (non-hydrogen) atoms. The number of pyridine rings is 1. The van der Waals surface area contributed by atoms with E-state index < -0.39 is 0 Å². The quantitative estimate of drug-likeness (QED) is 0.145. The van der Waals surface area contributed by atoms with E-state index in [1.807, 2.05) is 32.3 Å². The Labute approximate surface area is 520 Å². The Morgan fingerprint density at radius 2 is 0.907 bits per heavy atom. The number of fused-ring (bicyclic) bond motifs is 1. The number of unbranched alkanes of at least 4 members (excludes halogenated alkanes) is 1. The molecule has 0 amide bonds. The molecule has 0 bridgehead atoms. The van der Waals surface area contributed by atoms with Crippen molar-refractivity contribution in [2.75, 3.05) is 108 Å². The van der Waals surface area contributed by atoms with Gasteiger partial charge in [-0.15, -0.1) is 0 Å². The van der Waals surface area contributed by atoms with Crippen LogP contribution in [0, 0.1) is 69.2 Å². The maximum atomic E-state index is 10.1. The van der Waals surface area contributed by atoms with Crippen LogP contribution >= 0.6 is 0 Å². The second-order valence-electron chi connectivity index (χ2n) is 25.3. The fraction of sp³-hybridized carbons (Fsp3) is 0.560. The zero-order valence-electron chi connectivity index (χ0n) is 56.1. The first kappa shape index (κ1) is 65.5. The standard InChI is InChI=1S/C15H21N.C14H19N.C14H21N.C13H17NO2.C10H16N2.C9H15N3/c1-10-11(2)13-6-4-8-16-9-5-7-14(12(10)3)15(13)16;1-10-9-12-5-3-7-15-8-4-6-13(11(10)2)14(12)15;1-4-5-9-15-10-8-13-12(3)11(2)6-7-14(13)15;1-8-12(15)9-4-2-6-14-7-3-5-10(11(9)14)13(8)16;1-4-12(5-2)10-7-6-9(3)11-8-10;1-4-12(5-2)9-7-10-8(3)6-11-9/h4-9H2,1-3H3;9H,3-8H2,1-2H3;6-7H,4-5,8-10H2,1-3H3;15-16H,2-7H2,1H3;6-8H,4-5H2,1-3H3;6-7H,4-5H2,1-3H3. The van der Waals surface area contributed by atoms with Gasteiger partial charge in [-0.05, 0) is 272 Å². The SMILES string of the molecule is CCCCN1CCc2c1ccc(C)c2C.CCN(CC)c1ccc(C)nc1.CCN(CC)c1cnc(C)cn1.Cc1c(C)c2c3c(c1C)CCCN3CCC2.Cc1c(O)c2c3c(c1O)CCCN3CCC2.Cc1cc2c3c(c1C)CCCN3CCC2. The summed E-state index contributed by atoms with van der Waals surface area (Å²) in [5.74, 6) is 1.58. The highest BCUT2D eigenvalue weighted by Gasteiger charge is 2.31. The van der Waals surface area contributed by atoms with Gasteiger partial charge in [0.1, 0.15) is 17.3 Å². The lowest BCUT2D eigenvalue weighted by atomic mass is 9.83. The van der Waals surface area contributed by atoms with Crippen molar-refractivity contribution in [1.29, 1.82) is 0 Å². The number of aromatic hydroxyl groups is 2. The molecule has 0 aliphatic carbocycles. The van der Waals surface area contributed by atoms with Crippen LogP contribution in [0.15, 0.2) is 48.9 Å². The molecule has 0 spiro atoms. The van der Waals surface area contributed by atoms with Gasteiger partial charge >= 0.3 is 0 Å². The van der Waals surface area contributed by atoms with Gasteiger partial charge in [-0.3, -0.25) is 9.97 Å². The molecule has 0 saturated heterocycles. The second-order valence-corrected chi connectivity index (χ2v) is 25.3. The minimum Gasteiger partial charge on any atom is -0.507 e. The molecule has 7 aliphatic heterocycles. The van der Waals surface area contributed by atoms with Crippen molar-refractivity contribution < 1.29 is 10.2 Å². The highest BCUT2D eigenvalue weighted by molar-refractivity contribution is 5.74. The Bertz CT molecular complexity index is 3000. The summed E-state index contributed by atoms with van der Waals surface area (Å²) < 4.78 is 0. The van der Waals surface area contributed by atoms with Gasteiger partial charge in [0.25, 0.3) is 0 Å². The molecule has 0 atom stereocenters. The summed E-state index contributed by atoms with van der Waals surface area (Å²) in [6, 6.07) is 11.2. The molecular weight excluding hydrogens is 1060 g/mol. The third kappa shape index (κ3) is 14.7. The molecule has 6 aromatic rings. The van der Waals surface area contributed by atoms with Crippen LogP contribution < -0.4 is 29.4 Å². The first-order valence-corrected chi connectivity index (χ1v) is 33.6. The number of aromatic nitrogens is 3. The van der Waals surface area contributed by atoms with Crippen LogP contribution in [-0.4, -0.2) is 104 Å². The Hall–Kier alpha value is -6.49. The van der Waals surface area contributed by atoms with Crippen molar-refractivity contribution in [3.63, 3.8) is 0 Å². The van der Waals surface area contributed by atoms with Gasteiger partial charge in [0.05, 0.1) is 35.7 Å². The monoisotopic (exact) mass is 1170 g/mol. The zero-order chi connectivity index (χ0) is 61.8. The molecule has 0 fully saturated rings. The van der Waals surface area contributed by atoms with E-state index >= 15 is 0 Å². The highest BCUT2D eigenvalue weighted by Crippen LogP contribution is 2.47. The molecule has 7 aliphatic rings. The first-order valence-electron chi connectivity index (χ1n) is 33.6. The van der Waals surface area contributed by atoms with Crippen molar-refractivity contribution in [2.24, 2.45) is 0 Å². The second kappa shape index (κ2) is 30.4. The van der Waals surface area contributed by atoms with E-state index in [-0.39, 0.29) is 0 Å². The van der Waals surface area contributed by atoms with E-state index in [4.69, 9.17) is 0 Å². The summed E-state index contributed by atoms with van der Waals surface area (Å²) in [6.07, 6.45) is 24.0. The summed E-state index contributed by atoms with van der Waals surface area (Å²) >= 11 is 0. The molecule has 466 valence electrons. The molecule has 0 saturated carbocycles. The van der Waals surface area contributed by atoms with Gasteiger partial charge in [0.15, 0.2) is 0 Å². The van der Waals surface area contributed by atoms with Gasteiger partial charge < -0.3 is 39.6 Å². The van der Waals surface area contributed by atoms with E-state index in [0.29, 0.717) is 17.1 Å². The van der Waals surface area contributed by atoms with E-state index in [9.17, 15) is 10.2 Å². The van der Waals surface area contributed by atoms with Crippen molar-refractivity contribution >= 4 is 34.3 Å². The topological polar surface area (TPSA) is 98.6 Å². The number of hydrogen-bond acceptors (Lipinski definition) is 11. The molecule has 0 radical (unpaired) electrons. The summed E-state index contributed by atoms with van der Waals surface area (Å²) in [4.78, 5) is 27.3. The lowest BCUT2D eigenvalue weighted by molar-refractivity contribution is 0.427. The third-order valence-electron chi connectivity index (χ3n) is 20.1. The number of nitrogens with zero attached hydrogens (tertiary/aromatic N) is 9. The normalized spacial score (nSPS) is 15.5. The fourth-order valence-electron chi connectivity index (χ4n) is 14.5. The number of benzene rings is 4. The van der Waals surface area contributed by atoms with Gasteiger partial charge in [0.2, 0.25) is 0 Å². The Morgan fingerprint density at radius 3 is 1.41 bits per heavy atom. The van der Waals surface area contributed by atoms with Crippen LogP contribution in [0.2, 0.25) is 0 Å². The Balaban J connectivity index is 0.000000135. The highest BCUT2D eigenvalue weighted by atomic mass is 16.3. The number of phenols is 2. The van der Waals surface area contributed by atoms with E-state index in [0.717, 1.165) is 99.0 Å². The van der Waals surface area contributed by atoms with Gasteiger partial charge in [-0.1, -0.05) is 25.5 Å². The number of phenolic OH excluding ortho intramolecular Hbond substituents is 2. The van der Waals surface area contributed by atoms with Gasteiger partial charge in [-0.2, -0.15) is 0 Å². The molecule has 4 aromatic carbocycles. The van der Waals surface area contributed by atoms with Crippen molar-refractivity contribution in [2.45, 2.75) is 200 Å². The predicted octanol–water partition coefficient (Wildman–Crippen LogP) is 15.8. The largest absolute Gasteiger partial charge is 0.507 e. The van der Waals surface area contributed by atoms with Crippen molar-refractivity contribution in [1.82, 2.24) is 15.0 Å². The molecule has 11 nitrogen and oxygen atoms in total.